The number of hydrogen-bond donors (Lipinski definition) is 1. The summed E-state index contributed by atoms with van der Waals surface area (Å²) in [4.78, 5) is 3.65. The Morgan fingerprint density at radius 2 is 2.11 bits per heavy atom. The van der Waals surface area contributed by atoms with Gasteiger partial charge in [-0.25, -0.2) is 4.98 Å². The first kappa shape index (κ1) is 15.2. The molecule has 0 saturated carbocycles. The zero-order chi connectivity index (χ0) is 13.6. The predicted octanol–water partition coefficient (Wildman–Crippen LogP) is 3.24. The summed E-state index contributed by atoms with van der Waals surface area (Å²) in [5, 5.41) is 3.03. The number of rotatable bonds is 6. The van der Waals surface area contributed by atoms with Gasteiger partial charge in [0.15, 0.2) is 0 Å². The van der Waals surface area contributed by atoms with Crippen LogP contribution in [0.1, 0.15) is 18.9 Å². The van der Waals surface area contributed by atoms with Crippen molar-refractivity contribution in [1.82, 2.24) is 10.3 Å². The molecule has 1 N–H and O–H groups in total. The van der Waals surface area contributed by atoms with Crippen molar-refractivity contribution in [2.75, 3.05) is 19.7 Å². The van der Waals surface area contributed by atoms with Gasteiger partial charge < -0.3 is 10.1 Å². The van der Waals surface area contributed by atoms with Gasteiger partial charge in [0.05, 0.1) is 0 Å². The normalized spacial score (nSPS) is 11.6. The van der Waals surface area contributed by atoms with E-state index in [2.05, 4.69) is 26.2 Å². The van der Waals surface area contributed by atoms with Crippen LogP contribution >= 0.6 is 15.9 Å². The summed E-state index contributed by atoms with van der Waals surface area (Å²) in [5.74, 6) is -0.385. The van der Waals surface area contributed by atoms with Gasteiger partial charge in [-0.15, -0.1) is 0 Å². The fourth-order valence-electron chi connectivity index (χ4n) is 1.27. The van der Waals surface area contributed by atoms with Gasteiger partial charge in [0.25, 0.3) is 0 Å². The van der Waals surface area contributed by atoms with Gasteiger partial charge in [0, 0.05) is 17.2 Å². The second-order valence-electron chi connectivity index (χ2n) is 3.60. The van der Waals surface area contributed by atoms with Crippen molar-refractivity contribution in [3.8, 4) is 5.88 Å². The first-order valence-electron chi connectivity index (χ1n) is 5.51. The van der Waals surface area contributed by atoms with Crippen LogP contribution in [0.5, 0.6) is 5.88 Å². The molecule has 0 atom stereocenters. The lowest BCUT2D eigenvalue weighted by atomic mass is 10.2. The third-order valence-electron chi connectivity index (χ3n) is 2.07. The van der Waals surface area contributed by atoms with Gasteiger partial charge in [0.1, 0.15) is 12.2 Å². The summed E-state index contributed by atoms with van der Waals surface area (Å²) in [6.45, 7) is 3.45. The first-order valence-corrected chi connectivity index (χ1v) is 6.30. The van der Waals surface area contributed by atoms with Crippen molar-refractivity contribution in [1.29, 1.82) is 0 Å². The molecule has 1 rings (SSSR count). The van der Waals surface area contributed by atoms with E-state index in [1.807, 2.05) is 6.92 Å². The van der Waals surface area contributed by atoms with Crippen LogP contribution in [0.15, 0.2) is 16.7 Å². The molecule has 0 aliphatic rings. The van der Waals surface area contributed by atoms with Gasteiger partial charge >= 0.3 is 6.18 Å². The van der Waals surface area contributed by atoms with E-state index in [0.717, 1.165) is 19.0 Å². The lowest BCUT2D eigenvalue weighted by Crippen LogP contribution is -2.22. The van der Waals surface area contributed by atoms with E-state index < -0.39 is 11.7 Å². The fraction of sp³-hybridized carbons (Fsp3) is 0.545. The van der Waals surface area contributed by atoms with Crippen LogP contribution in [-0.4, -0.2) is 24.7 Å². The number of nitrogens with one attached hydrogen (secondary N) is 1. The van der Waals surface area contributed by atoms with E-state index in [0.29, 0.717) is 6.54 Å². The highest BCUT2D eigenvalue weighted by atomic mass is 79.9. The van der Waals surface area contributed by atoms with E-state index in [1.165, 1.54) is 6.20 Å². The average Bonchev–Trinajstić information content (AvgIpc) is 2.29. The molecule has 1 heterocycles. The van der Waals surface area contributed by atoms with Crippen LogP contribution in [0.25, 0.3) is 0 Å². The molecule has 0 bridgehead atoms. The molecule has 3 nitrogen and oxygen atoms in total. The summed E-state index contributed by atoms with van der Waals surface area (Å²) in [7, 11) is 0. The molecule has 1 aromatic heterocycles. The van der Waals surface area contributed by atoms with E-state index in [9.17, 15) is 13.2 Å². The number of nitrogens with zero attached hydrogens (tertiary/aromatic N) is 1. The average molecular weight is 327 g/mol. The highest BCUT2D eigenvalue weighted by Gasteiger charge is 2.35. The van der Waals surface area contributed by atoms with Crippen molar-refractivity contribution < 1.29 is 17.9 Å². The molecule has 0 unspecified atom stereocenters. The van der Waals surface area contributed by atoms with Crippen molar-refractivity contribution >= 4 is 15.9 Å². The van der Waals surface area contributed by atoms with E-state index in [-0.39, 0.29) is 17.0 Å². The molecular formula is C11H14BrF3N2O. The third-order valence-corrected chi connectivity index (χ3v) is 2.50. The maximum atomic E-state index is 12.7. The zero-order valence-corrected chi connectivity index (χ0v) is 11.4. The fourth-order valence-corrected chi connectivity index (χ4v) is 1.60. The zero-order valence-electron chi connectivity index (χ0n) is 9.85. The summed E-state index contributed by atoms with van der Waals surface area (Å²) >= 11 is 2.96. The van der Waals surface area contributed by atoms with Crippen LogP contribution in [-0.2, 0) is 6.18 Å². The first-order chi connectivity index (χ1) is 8.45. The van der Waals surface area contributed by atoms with Gasteiger partial charge in [-0.3, -0.25) is 0 Å². The molecule has 0 amide bonds. The van der Waals surface area contributed by atoms with Gasteiger partial charge in [0.2, 0.25) is 5.88 Å². The molecule has 102 valence electrons. The topological polar surface area (TPSA) is 34.1 Å². The molecular weight excluding hydrogens is 313 g/mol. The number of pyridine rings is 1. The summed E-state index contributed by atoms with van der Waals surface area (Å²) in [6, 6.07) is 0.960. The summed E-state index contributed by atoms with van der Waals surface area (Å²) in [6.07, 6.45) is -2.22. The highest BCUT2D eigenvalue weighted by Crippen LogP contribution is 2.36. The number of hydrogen-bond acceptors (Lipinski definition) is 3. The summed E-state index contributed by atoms with van der Waals surface area (Å²) in [5.41, 5.74) is -0.868. The summed E-state index contributed by atoms with van der Waals surface area (Å²) < 4.78 is 43.4. The van der Waals surface area contributed by atoms with Crippen molar-refractivity contribution in [3.05, 3.63) is 22.3 Å². The molecule has 18 heavy (non-hydrogen) atoms. The molecule has 0 aromatic carbocycles. The Bertz CT molecular complexity index is 385. The lowest BCUT2D eigenvalue weighted by molar-refractivity contribution is -0.139. The second-order valence-corrected chi connectivity index (χ2v) is 4.52. The molecule has 0 spiro atoms. The van der Waals surface area contributed by atoms with Gasteiger partial charge in [-0.05, 0) is 35.0 Å². The smallest absolute Gasteiger partial charge is 0.421 e. The molecule has 7 heteroatoms. The van der Waals surface area contributed by atoms with Crippen LogP contribution in [0.2, 0.25) is 0 Å². The number of alkyl halides is 3. The molecule has 1 aromatic rings. The minimum absolute atomic E-state index is 0.151. The molecule has 0 radical (unpaired) electrons. The Kier molecular flexibility index (Phi) is 5.87. The number of halogens is 4. The monoisotopic (exact) mass is 326 g/mol. The quantitative estimate of drug-likeness (QED) is 0.815. The Hall–Kier alpha value is -0.820. The SMILES string of the molecule is CCCNCCOc1ncc(Br)cc1C(F)(F)F. The van der Waals surface area contributed by atoms with Crippen molar-refractivity contribution in [3.63, 3.8) is 0 Å². The highest BCUT2D eigenvalue weighted by molar-refractivity contribution is 9.10. The minimum atomic E-state index is -4.47. The van der Waals surface area contributed by atoms with Crippen LogP contribution < -0.4 is 10.1 Å². The van der Waals surface area contributed by atoms with E-state index in [4.69, 9.17) is 4.74 Å². The predicted molar refractivity (Wildman–Crippen MR) is 65.6 cm³/mol. The molecule has 0 saturated heterocycles. The molecule has 0 aliphatic carbocycles. The minimum Gasteiger partial charge on any atom is -0.476 e. The Morgan fingerprint density at radius 3 is 2.72 bits per heavy atom. The lowest BCUT2D eigenvalue weighted by Gasteiger charge is -2.13. The largest absolute Gasteiger partial charge is 0.476 e. The van der Waals surface area contributed by atoms with Crippen LogP contribution in [0.3, 0.4) is 0 Å². The Balaban J connectivity index is 2.65. The number of ether oxygens (including phenoxy) is 1. The van der Waals surface area contributed by atoms with Gasteiger partial charge in [-0.2, -0.15) is 13.2 Å². The number of aromatic nitrogens is 1. The van der Waals surface area contributed by atoms with E-state index >= 15 is 0 Å². The maximum Gasteiger partial charge on any atom is 0.421 e. The van der Waals surface area contributed by atoms with Crippen LogP contribution in [0, 0.1) is 0 Å². The van der Waals surface area contributed by atoms with Gasteiger partial charge in [-0.1, -0.05) is 6.92 Å². The Morgan fingerprint density at radius 1 is 1.39 bits per heavy atom. The molecule has 0 aliphatic heterocycles. The van der Waals surface area contributed by atoms with Crippen LogP contribution in [0.4, 0.5) is 13.2 Å². The Labute approximate surface area is 112 Å². The van der Waals surface area contributed by atoms with Crippen molar-refractivity contribution in [2.24, 2.45) is 0 Å². The van der Waals surface area contributed by atoms with E-state index in [1.54, 1.807) is 0 Å². The molecule has 0 fully saturated rings. The third kappa shape index (κ3) is 4.81. The standard InChI is InChI=1S/C11H14BrF3N2O/c1-2-3-16-4-5-18-10-9(11(13,14)15)6-8(12)7-17-10/h6-7,16H,2-5H2,1H3. The second kappa shape index (κ2) is 6.94. The van der Waals surface area contributed by atoms with Crippen molar-refractivity contribution in [2.45, 2.75) is 19.5 Å². The maximum absolute atomic E-state index is 12.7.